The van der Waals surface area contributed by atoms with Gasteiger partial charge in [-0.25, -0.2) is 14.6 Å². The van der Waals surface area contributed by atoms with E-state index in [0.29, 0.717) is 38.5 Å². The van der Waals surface area contributed by atoms with E-state index in [2.05, 4.69) is 20.9 Å². The molecule has 0 spiro atoms. The topological polar surface area (TPSA) is 74.2 Å². The van der Waals surface area contributed by atoms with Gasteiger partial charge in [-0.2, -0.15) is 0 Å². The molecule has 0 N–H and O–H groups in total. The van der Waals surface area contributed by atoms with Crippen LogP contribution in [0.2, 0.25) is 5.02 Å². The molecule has 1 heterocycles. The molecule has 0 radical (unpaired) electrons. The van der Waals surface area contributed by atoms with Gasteiger partial charge in [0.25, 0.3) is 0 Å². The first-order chi connectivity index (χ1) is 18.9. The summed E-state index contributed by atoms with van der Waals surface area (Å²) in [7, 11) is 0. The Morgan fingerprint density at radius 1 is 0.949 bits per heavy atom. The minimum Gasteiger partial charge on any atom is -0.490 e. The molecule has 1 aliphatic heterocycles. The Hall–Kier alpha value is -4.20. The highest BCUT2D eigenvalue weighted by atomic mass is 79.9. The lowest BCUT2D eigenvalue weighted by molar-refractivity contribution is -0.129. The molecule has 0 unspecified atom stereocenters. The van der Waals surface area contributed by atoms with Crippen molar-refractivity contribution in [2.75, 3.05) is 6.61 Å². The molecule has 39 heavy (non-hydrogen) atoms. The van der Waals surface area contributed by atoms with Crippen LogP contribution in [-0.2, 0) is 9.53 Å². The van der Waals surface area contributed by atoms with Crippen molar-refractivity contribution in [2.45, 2.75) is 6.92 Å². The fourth-order valence-corrected chi connectivity index (χ4v) is 4.56. The summed E-state index contributed by atoms with van der Waals surface area (Å²) >= 11 is 9.37. The van der Waals surface area contributed by atoms with E-state index in [4.69, 9.17) is 25.8 Å². The molecule has 194 valence electrons. The lowest BCUT2D eigenvalue weighted by Crippen LogP contribution is -2.10. The second-order valence-electron chi connectivity index (χ2n) is 8.44. The first kappa shape index (κ1) is 26.4. The first-order valence-corrected chi connectivity index (χ1v) is 13.2. The van der Waals surface area contributed by atoms with Gasteiger partial charge < -0.3 is 14.2 Å². The van der Waals surface area contributed by atoms with Crippen molar-refractivity contribution < 1.29 is 23.8 Å². The highest BCUT2D eigenvalue weighted by Gasteiger charge is 2.25. The minimum atomic E-state index is -0.565. The van der Waals surface area contributed by atoms with Crippen molar-refractivity contribution >= 4 is 51.4 Å². The van der Waals surface area contributed by atoms with Crippen molar-refractivity contribution in [1.82, 2.24) is 0 Å². The number of carbonyl (C=O) groups is 2. The Morgan fingerprint density at radius 3 is 2.31 bits per heavy atom. The van der Waals surface area contributed by atoms with Gasteiger partial charge in [0.05, 0.1) is 16.6 Å². The van der Waals surface area contributed by atoms with E-state index in [9.17, 15) is 9.59 Å². The monoisotopic (exact) mass is 601 g/mol. The summed E-state index contributed by atoms with van der Waals surface area (Å²) in [6.45, 7) is 2.15. The van der Waals surface area contributed by atoms with Crippen molar-refractivity contribution in [3.63, 3.8) is 0 Å². The molecule has 0 saturated heterocycles. The van der Waals surface area contributed by atoms with Gasteiger partial charge in [0.2, 0.25) is 5.90 Å². The van der Waals surface area contributed by atoms with Crippen molar-refractivity contribution in [2.24, 2.45) is 4.99 Å². The van der Waals surface area contributed by atoms with Crippen LogP contribution in [0.25, 0.3) is 17.2 Å². The molecule has 8 heteroatoms. The fraction of sp³-hybridized carbons (Fsp3) is 0.0645. The Morgan fingerprint density at radius 2 is 1.62 bits per heavy atom. The standard InChI is InChI=1S/C31H21BrClNO5/c1-2-37-27-18-19(16-25(32)28(27)38-30(35)23-12-14-24(33)15-13-23)17-26-31(36)39-29(34-26)22-10-8-21(9-11-22)20-6-4-3-5-7-20/h3-18H,2H2,1H3/b26-17-. The number of ether oxygens (including phenoxy) is 3. The molecular formula is C31H21BrClNO5. The highest BCUT2D eigenvalue weighted by molar-refractivity contribution is 9.10. The summed E-state index contributed by atoms with van der Waals surface area (Å²) < 4.78 is 17.3. The normalized spacial score (nSPS) is 13.7. The molecule has 0 amide bonds. The molecule has 1 aliphatic rings. The number of hydrogen-bond acceptors (Lipinski definition) is 6. The maximum atomic E-state index is 12.7. The van der Waals surface area contributed by atoms with Crippen LogP contribution in [0.3, 0.4) is 0 Å². The first-order valence-electron chi connectivity index (χ1n) is 12.0. The number of cyclic esters (lactones) is 1. The van der Waals surface area contributed by atoms with Gasteiger partial charge in [0, 0.05) is 10.6 Å². The molecule has 0 aromatic heterocycles. The van der Waals surface area contributed by atoms with Gasteiger partial charge in [-0.15, -0.1) is 0 Å². The van der Waals surface area contributed by atoms with Crippen LogP contribution < -0.4 is 9.47 Å². The van der Waals surface area contributed by atoms with E-state index >= 15 is 0 Å². The third kappa shape index (κ3) is 6.11. The largest absolute Gasteiger partial charge is 0.490 e. The molecule has 0 fully saturated rings. The van der Waals surface area contributed by atoms with E-state index in [-0.39, 0.29) is 17.3 Å². The third-order valence-electron chi connectivity index (χ3n) is 5.77. The lowest BCUT2D eigenvalue weighted by Gasteiger charge is -2.13. The van der Waals surface area contributed by atoms with Crippen LogP contribution >= 0.6 is 27.5 Å². The van der Waals surface area contributed by atoms with Crippen LogP contribution in [0, 0.1) is 0 Å². The zero-order chi connectivity index (χ0) is 27.4. The zero-order valence-electron chi connectivity index (χ0n) is 20.7. The lowest BCUT2D eigenvalue weighted by atomic mass is 10.0. The Kier molecular flexibility index (Phi) is 7.91. The smallest absolute Gasteiger partial charge is 0.363 e. The van der Waals surface area contributed by atoms with Crippen molar-refractivity contribution in [3.05, 3.63) is 123 Å². The van der Waals surface area contributed by atoms with Gasteiger partial charge in [-0.1, -0.05) is 54.1 Å². The maximum Gasteiger partial charge on any atom is 0.363 e. The average molecular weight is 603 g/mol. The van der Waals surface area contributed by atoms with Gasteiger partial charge >= 0.3 is 11.9 Å². The molecule has 6 nitrogen and oxygen atoms in total. The van der Waals surface area contributed by atoms with Crippen LogP contribution in [0.1, 0.15) is 28.4 Å². The predicted octanol–water partition coefficient (Wildman–Crippen LogP) is 7.73. The number of benzene rings is 4. The molecule has 4 aromatic rings. The van der Waals surface area contributed by atoms with E-state index in [1.54, 1.807) is 42.5 Å². The van der Waals surface area contributed by atoms with Gasteiger partial charge in [0.15, 0.2) is 17.2 Å². The van der Waals surface area contributed by atoms with Crippen LogP contribution in [0.4, 0.5) is 0 Å². The van der Waals surface area contributed by atoms with E-state index < -0.39 is 11.9 Å². The van der Waals surface area contributed by atoms with E-state index in [1.807, 2.05) is 61.5 Å². The molecule has 0 bridgehead atoms. The van der Waals surface area contributed by atoms with Crippen molar-refractivity contribution in [3.8, 4) is 22.6 Å². The summed E-state index contributed by atoms with van der Waals surface area (Å²) in [6.07, 6.45) is 1.59. The molecule has 0 atom stereocenters. The molecular weight excluding hydrogens is 582 g/mol. The predicted molar refractivity (Wildman–Crippen MR) is 154 cm³/mol. The number of hydrogen-bond donors (Lipinski definition) is 0. The number of esters is 2. The summed E-state index contributed by atoms with van der Waals surface area (Å²) in [5.74, 6) is -0.358. The Labute approximate surface area is 238 Å². The van der Waals surface area contributed by atoms with E-state index in [0.717, 1.165) is 11.1 Å². The summed E-state index contributed by atoms with van der Waals surface area (Å²) in [6, 6.07) is 27.4. The molecule has 0 saturated carbocycles. The van der Waals surface area contributed by atoms with Crippen molar-refractivity contribution in [1.29, 1.82) is 0 Å². The van der Waals surface area contributed by atoms with Gasteiger partial charge in [-0.05, 0) is 94.2 Å². The number of rotatable bonds is 7. The number of nitrogens with zero attached hydrogens (tertiary/aromatic N) is 1. The maximum absolute atomic E-state index is 12.7. The summed E-state index contributed by atoms with van der Waals surface area (Å²) in [4.78, 5) is 29.7. The Balaban J connectivity index is 1.40. The van der Waals surface area contributed by atoms with Crippen LogP contribution in [0.5, 0.6) is 11.5 Å². The van der Waals surface area contributed by atoms with E-state index in [1.165, 1.54) is 0 Å². The minimum absolute atomic E-state index is 0.136. The molecule has 0 aliphatic carbocycles. The van der Waals surface area contributed by atoms with Gasteiger partial charge in [-0.3, -0.25) is 0 Å². The summed E-state index contributed by atoms with van der Waals surface area (Å²) in [5.41, 5.74) is 3.91. The summed E-state index contributed by atoms with van der Waals surface area (Å²) in [5, 5.41) is 0.514. The second kappa shape index (κ2) is 11.7. The SMILES string of the molecule is CCOc1cc(/C=C2\N=C(c3ccc(-c4ccccc4)cc3)OC2=O)cc(Br)c1OC(=O)c1ccc(Cl)cc1. The average Bonchev–Trinajstić information content (AvgIpc) is 3.31. The van der Waals surface area contributed by atoms with Crippen LogP contribution in [-0.4, -0.2) is 24.4 Å². The molecule has 4 aromatic carbocycles. The van der Waals surface area contributed by atoms with Crippen LogP contribution in [0.15, 0.2) is 106 Å². The van der Waals surface area contributed by atoms with Gasteiger partial charge in [0.1, 0.15) is 0 Å². The quantitative estimate of drug-likeness (QED) is 0.123. The Bertz CT molecular complexity index is 1600. The zero-order valence-corrected chi connectivity index (χ0v) is 23.0. The number of halogens is 2. The number of carbonyl (C=O) groups excluding carboxylic acids is 2. The third-order valence-corrected chi connectivity index (χ3v) is 6.61. The fourth-order valence-electron chi connectivity index (χ4n) is 3.90. The molecule has 5 rings (SSSR count). The number of aliphatic imine (C=N–C) groups is 1. The second-order valence-corrected chi connectivity index (χ2v) is 9.73. The highest BCUT2D eigenvalue weighted by Crippen LogP contribution is 2.38.